The molecule has 5 nitrogen and oxygen atoms in total. The van der Waals surface area contributed by atoms with Crippen LogP contribution in [0.25, 0.3) is 10.8 Å². The van der Waals surface area contributed by atoms with Crippen LogP contribution in [0.4, 0.5) is 0 Å². The molecule has 0 aliphatic rings. The molecule has 0 radical (unpaired) electrons. The van der Waals surface area contributed by atoms with Crippen LogP contribution >= 0.6 is 0 Å². The number of hydrogen-bond donors (Lipinski definition) is 1. The van der Waals surface area contributed by atoms with Gasteiger partial charge >= 0.3 is 11.9 Å². The number of hydrogen-bond acceptors (Lipinski definition) is 4. The summed E-state index contributed by atoms with van der Waals surface area (Å²) in [5.41, 5.74) is 0.836. The highest BCUT2D eigenvalue weighted by Crippen LogP contribution is 2.26. The Balaban J connectivity index is 1.67. The number of carboxylic acids is 1. The number of carbonyl (C=O) groups excluding carboxylic acids is 1. The first-order chi connectivity index (χ1) is 12.6. The molecule has 0 heterocycles. The van der Waals surface area contributed by atoms with E-state index >= 15 is 0 Å². The third-order valence-corrected chi connectivity index (χ3v) is 3.89. The molecular formula is C21H18O5. The zero-order valence-corrected chi connectivity index (χ0v) is 14.0. The lowest BCUT2D eigenvalue weighted by Crippen LogP contribution is -2.30. The summed E-state index contributed by atoms with van der Waals surface area (Å²) in [5, 5.41) is 11.1. The third kappa shape index (κ3) is 4.39. The highest BCUT2D eigenvalue weighted by molar-refractivity contribution is 5.89. The van der Waals surface area contributed by atoms with Crippen molar-refractivity contribution in [2.75, 3.05) is 0 Å². The van der Waals surface area contributed by atoms with E-state index in [9.17, 15) is 14.7 Å². The van der Waals surface area contributed by atoms with Crippen LogP contribution in [0.2, 0.25) is 0 Å². The van der Waals surface area contributed by atoms with Gasteiger partial charge in [0.2, 0.25) is 6.10 Å². The van der Waals surface area contributed by atoms with Gasteiger partial charge in [-0.2, -0.15) is 0 Å². The topological polar surface area (TPSA) is 72.8 Å². The van der Waals surface area contributed by atoms with E-state index in [-0.39, 0.29) is 13.0 Å². The second kappa shape index (κ2) is 8.16. The molecular weight excluding hydrogens is 332 g/mol. The maximum atomic E-state index is 12.0. The van der Waals surface area contributed by atoms with Gasteiger partial charge in [0.1, 0.15) is 12.4 Å². The summed E-state index contributed by atoms with van der Waals surface area (Å²) in [6, 6.07) is 22.1. The molecule has 5 heteroatoms. The molecule has 0 fully saturated rings. The SMILES string of the molecule is O=C(C[C@@H](Oc1cccc2ccccc12)C(=O)O)OCc1ccccc1. The quantitative estimate of drug-likeness (QED) is 0.656. The van der Waals surface area contributed by atoms with Crippen molar-refractivity contribution in [1.29, 1.82) is 0 Å². The number of carboxylic acid groups (broad SMARTS) is 1. The van der Waals surface area contributed by atoms with Gasteiger partial charge < -0.3 is 14.6 Å². The number of carbonyl (C=O) groups is 2. The van der Waals surface area contributed by atoms with Crippen LogP contribution in [-0.4, -0.2) is 23.1 Å². The van der Waals surface area contributed by atoms with Crippen molar-refractivity contribution < 1.29 is 24.2 Å². The van der Waals surface area contributed by atoms with Gasteiger partial charge in [-0.05, 0) is 17.0 Å². The lowest BCUT2D eigenvalue weighted by atomic mass is 10.1. The highest BCUT2D eigenvalue weighted by atomic mass is 16.5. The van der Waals surface area contributed by atoms with E-state index in [4.69, 9.17) is 9.47 Å². The van der Waals surface area contributed by atoms with Crippen LogP contribution in [0, 0.1) is 0 Å². The van der Waals surface area contributed by atoms with Crippen LogP contribution < -0.4 is 4.74 Å². The molecule has 1 atom stereocenters. The van der Waals surface area contributed by atoms with Crippen molar-refractivity contribution in [2.24, 2.45) is 0 Å². The van der Waals surface area contributed by atoms with Crippen molar-refractivity contribution in [1.82, 2.24) is 0 Å². The Morgan fingerprint density at radius 1 is 0.885 bits per heavy atom. The van der Waals surface area contributed by atoms with Gasteiger partial charge in [0.15, 0.2) is 0 Å². The van der Waals surface area contributed by atoms with Crippen LogP contribution in [0.1, 0.15) is 12.0 Å². The fourth-order valence-electron chi connectivity index (χ4n) is 2.58. The number of aliphatic carboxylic acids is 1. The number of benzene rings is 3. The van der Waals surface area contributed by atoms with Crippen molar-refractivity contribution in [3.05, 3.63) is 78.4 Å². The van der Waals surface area contributed by atoms with Gasteiger partial charge in [0, 0.05) is 5.39 Å². The Morgan fingerprint density at radius 2 is 1.58 bits per heavy atom. The smallest absolute Gasteiger partial charge is 0.345 e. The minimum atomic E-state index is -1.32. The minimum absolute atomic E-state index is 0.0975. The third-order valence-electron chi connectivity index (χ3n) is 3.89. The fourth-order valence-corrected chi connectivity index (χ4v) is 2.58. The summed E-state index contributed by atoms with van der Waals surface area (Å²) < 4.78 is 10.8. The molecule has 0 spiro atoms. The molecule has 0 aliphatic heterocycles. The average Bonchev–Trinajstić information content (AvgIpc) is 2.67. The van der Waals surface area contributed by atoms with E-state index in [1.54, 1.807) is 12.1 Å². The summed E-state index contributed by atoms with van der Waals surface area (Å²) in [4.78, 5) is 23.5. The van der Waals surface area contributed by atoms with Crippen LogP contribution in [-0.2, 0) is 20.9 Å². The predicted octanol–water partition coefficient (Wildman–Crippen LogP) is 3.81. The average molecular weight is 350 g/mol. The van der Waals surface area contributed by atoms with Crippen LogP contribution in [0.15, 0.2) is 72.8 Å². The first-order valence-corrected chi connectivity index (χ1v) is 8.20. The molecule has 0 unspecified atom stereocenters. The van der Waals surface area contributed by atoms with E-state index in [2.05, 4.69) is 0 Å². The molecule has 0 amide bonds. The van der Waals surface area contributed by atoms with E-state index < -0.39 is 18.0 Å². The summed E-state index contributed by atoms with van der Waals surface area (Å²) in [6.45, 7) is 0.0975. The second-order valence-corrected chi connectivity index (χ2v) is 5.77. The number of ether oxygens (including phenoxy) is 2. The van der Waals surface area contributed by atoms with Gasteiger partial charge in [-0.15, -0.1) is 0 Å². The summed E-state index contributed by atoms with van der Waals surface area (Å²) in [7, 11) is 0. The van der Waals surface area contributed by atoms with E-state index in [0.717, 1.165) is 16.3 Å². The van der Waals surface area contributed by atoms with Crippen molar-refractivity contribution in [3.63, 3.8) is 0 Å². The minimum Gasteiger partial charge on any atom is -0.478 e. The lowest BCUT2D eigenvalue weighted by Gasteiger charge is -2.16. The van der Waals surface area contributed by atoms with Crippen LogP contribution in [0.3, 0.4) is 0 Å². The molecule has 0 aromatic heterocycles. The van der Waals surface area contributed by atoms with E-state index in [1.165, 1.54) is 0 Å². The fraction of sp³-hybridized carbons (Fsp3) is 0.143. The Bertz CT molecular complexity index is 899. The molecule has 3 rings (SSSR count). The number of fused-ring (bicyclic) bond motifs is 1. The molecule has 0 bridgehead atoms. The highest BCUT2D eigenvalue weighted by Gasteiger charge is 2.25. The maximum Gasteiger partial charge on any atom is 0.345 e. The molecule has 26 heavy (non-hydrogen) atoms. The Kier molecular flexibility index (Phi) is 5.49. The Hall–Kier alpha value is -3.34. The summed E-state index contributed by atoms with van der Waals surface area (Å²) in [6.07, 6.45) is -1.69. The number of esters is 1. The lowest BCUT2D eigenvalue weighted by molar-refractivity contribution is -0.155. The molecule has 3 aromatic carbocycles. The molecule has 0 saturated heterocycles. The van der Waals surface area contributed by atoms with Crippen LogP contribution in [0.5, 0.6) is 5.75 Å². The largest absolute Gasteiger partial charge is 0.478 e. The van der Waals surface area contributed by atoms with E-state index in [1.807, 2.05) is 60.7 Å². The zero-order valence-electron chi connectivity index (χ0n) is 14.0. The molecule has 0 saturated carbocycles. The predicted molar refractivity (Wildman–Crippen MR) is 96.9 cm³/mol. The Morgan fingerprint density at radius 3 is 2.35 bits per heavy atom. The van der Waals surface area contributed by atoms with Gasteiger partial charge in [0.25, 0.3) is 0 Å². The standard InChI is InChI=1S/C21H18O5/c22-20(25-14-15-7-2-1-3-8-15)13-19(21(23)24)26-18-12-6-10-16-9-4-5-11-17(16)18/h1-12,19H,13-14H2,(H,23,24)/t19-/m1/s1. The second-order valence-electron chi connectivity index (χ2n) is 5.77. The van der Waals surface area contributed by atoms with Crippen molar-refractivity contribution in [3.8, 4) is 5.75 Å². The van der Waals surface area contributed by atoms with Gasteiger partial charge in [-0.3, -0.25) is 4.79 Å². The Labute approximate surface area is 150 Å². The monoisotopic (exact) mass is 350 g/mol. The zero-order chi connectivity index (χ0) is 18.4. The summed E-state index contributed by atoms with van der Waals surface area (Å²) in [5.74, 6) is -1.41. The molecule has 132 valence electrons. The molecule has 0 aliphatic carbocycles. The molecule has 3 aromatic rings. The van der Waals surface area contributed by atoms with Gasteiger partial charge in [0.05, 0.1) is 6.42 Å². The first kappa shape index (κ1) is 17.5. The first-order valence-electron chi connectivity index (χ1n) is 8.20. The number of rotatable bonds is 7. The normalized spacial score (nSPS) is 11.7. The van der Waals surface area contributed by atoms with Crippen molar-refractivity contribution in [2.45, 2.75) is 19.1 Å². The summed E-state index contributed by atoms with van der Waals surface area (Å²) >= 11 is 0. The van der Waals surface area contributed by atoms with Gasteiger partial charge in [-0.25, -0.2) is 4.79 Å². The van der Waals surface area contributed by atoms with Gasteiger partial charge in [-0.1, -0.05) is 66.7 Å². The molecule has 1 N–H and O–H groups in total. The van der Waals surface area contributed by atoms with E-state index in [0.29, 0.717) is 5.75 Å². The maximum absolute atomic E-state index is 12.0. The van der Waals surface area contributed by atoms with Crippen molar-refractivity contribution >= 4 is 22.7 Å².